The number of nitrogens with zero attached hydrogens (tertiary/aromatic N) is 2. The number of sulfonamides is 1. The second-order valence-corrected chi connectivity index (χ2v) is 6.16. The fraction of sp³-hybridized carbons (Fsp3) is 0.385. The average molecular weight is 295 g/mol. The summed E-state index contributed by atoms with van der Waals surface area (Å²) in [6, 6.07) is 6.62. The van der Waals surface area contributed by atoms with Gasteiger partial charge in [-0.25, -0.2) is 0 Å². The Hall–Kier alpha value is -1.89. The molecule has 0 atom stereocenters. The third-order valence-corrected chi connectivity index (χ3v) is 4.25. The summed E-state index contributed by atoms with van der Waals surface area (Å²) in [7, 11) is -1.98. The van der Waals surface area contributed by atoms with E-state index in [9.17, 15) is 13.2 Å². The van der Waals surface area contributed by atoms with Crippen LogP contribution in [0.15, 0.2) is 33.6 Å². The molecule has 0 bridgehead atoms. The van der Waals surface area contributed by atoms with Crippen molar-refractivity contribution in [3.05, 3.63) is 29.8 Å². The first kappa shape index (κ1) is 14.5. The van der Waals surface area contributed by atoms with Crippen LogP contribution in [0.4, 0.5) is 0 Å². The quantitative estimate of drug-likeness (QED) is 0.882. The lowest BCUT2D eigenvalue weighted by atomic mass is 10.2. The lowest BCUT2D eigenvalue weighted by molar-refractivity contribution is -0.121. The Kier molecular flexibility index (Phi) is 4.08. The van der Waals surface area contributed by atoms with E-state index >= 15 is 0 Å². The number of likely N-dealkylation sites (N-methyl/N-ethyl adjacent to an activating group) is 1. The summed E-state index contributed by atoms with van der Waals surface area (Å²) in [4.78, 5) is 13.4. The maximum absolute atomic E-state index is 11.9. The molecule has 6 nitrogen and oxygen atoms in total. The van der Waals surface area contributed by atoms with Crippen LogP contribution < -0.4 is 5.32 Å². The number of rotatable bonds is 4. The maximum atomic E-state index is 11.9. The van der Waals surface area contributed by atoms with Gasteiger partial charge in [0.2, 0.25) is 5.91 Å². The molecule has 1 aliphatic heterocycles. The molecule has 0 aliphatic carbocycles. The van der Waals surface area contributed by atoms with Crippen LogP contribution in [-0.4, -0.2) is 45.2 Å². The van der Waals surface area contributed by atoms with Crippen molar-refractivity contribution < 1.29 is 13.2 Å². The first-order valence-corrected chi connectivity index (χ1v) is 7.82. The number of amidine groups is 1. The number of benzene rings is 1. The summed E-state index contributed by atoms with van der Waals surface area (Å²) < 4.78 is 27.6. The molecule has 108 valence electrons. The van der Waals surface area contributed by atoms with Crippen LogP contribution in [0.2, 0.25) is 0 Å². The summed E-state index contributed by atoms with van der Waals surface area (Å²) in [5.41, 5.74) is 0.540. The number of amides is 1. The lowest BCUT2D eigenvalue weighted by Crippen LogP contribution is -2.38. The second-order valence-electron chi connectivity index (χ2n) is 4.59. The van der Waals surface area contributed by atoms with Crippen molar-refractivity contribution in [1.29, 1.82) is 0 Å². The molecule has 1 N–H and O–H groups in total. The van der Waals surface area contributed by atoms with Crippen molar-refractivity contribution in [1.82, 2.24) is 10.2 Å². The van der Waals surface area contributed by atoms with Gasteiger partial charge < -0.3 is 10.2 Å². The van der Waals surface area contributed by atoms with Crippen molar-refractivity contribution in [2.45, 2.75) is 18.2 Å². The molecule has 0 saturated heterocycles. The van der Waals surface area contributed by atoms with Gasteiger partial charge >= 0.3 is 0 Å². The van der Waals surface area contributed by atoms with Gasteiger partial charge in [0.05, 0.1) is 6.54 Å². The van der Waals surface area contributed by atoms with Crippen LogP contribution in [0.1, 0.15) is 18.9 Å². The number of carbonyl (C=O) groups excluding carboxylic acids is 1. The Labute approximate surface area is 118 Å². The van der Waals surface area contributed by atoms with Crippen LogP contribution in [0.5, 0.6) is 0 Å². The molecule has 7 heteroatoms. The Bertz CT molecular complexity index is 653. The van der Waals surface area contributed by atoms with Crippen molar-refractivity contribution in [3.63, 3.8) is 0 Å². The zero-order valence-electron chi connectivity index (χ0n) is 11.5. The summed E-state index contributed by atoms with van der Waals surface area (Å²) in [5, 5.41) is 2.75. The highest BCUT2D eigenvalue weighted by Gasteiger charge is 2.30. The lowest BCUT2D eigenvalue weighted by Gasteiger charge is -2.18. The number of hydrogen-bond donors (Lipinski definition) is 1. The van der Waals surface area contributed by atoms with Gasteiger partial charge in [-0.15, -0.1) is 4.40 Å². The smallest absolute Gasteiger partial charge is 0.285 e. The average Bonchev–Trinajstić information content (AvgIpc) is 2.69. The minimum absolute atomic E-state index is 0.0721. The largest absolute Gasteiger partial charge is 0.355 e. The van der Waals surface area contributed by atoms with E-state index in [1.807, 2.05) is 6.92 Å². The molecule has 0 saturated carbocycles. The molecule has 0 fully saturated rings. The Morgan fingerprint density at radius 3 is 2.75 bits per heavy atom. The first-order chi connectivity index (χ1) is 9.45. The fourth-order valence-electron chi connectivity index (χ4n) is 1.97. The molecular weight excluding hydrogens is 278 g/mol. The van der Waals surface area contributed by atoms with E-state index in [1.54, 1.807) is 30.1 Å². The minimum Gasteiger partial charge on any atom is -0.355 e. The normalized spacial score (nSPS) is 15.4. The number of hydrogen-bond acceptors (Lipinski definition) is 4. The topological polar surface area (TPSA) is 78.8 Å². The predicted octanol–water partition coefficient (Wildman–Crippen LogP) is 0.594. The van der Waals surface area contributed by atoms with Crippen molar-refractivity contribution >= 4 is 21.8 Å². The highest BCUT2D eigenvalue weighted by Crippen LogP contribution is 2.26. The summed E-state index contributed by atoms with van der Waals surface area (Å²) in [6.45, 7) is 2.64. The van der Waals surface area contributed by atoms with E-state index in [0.29, 0.717) is 17.9 Å². The molecule has 0 spiro atoms. The predicted molar refractivity (Wildman–Crippen MR) is 76.1 cm³/mol. The van der Waals surface area contributed by atoms with E-state index < -0.39 is 10.0 Å². The Balaban J connectivity index is 2.20. The highest BCUT2D eigenvalue weighted by molar-refractivity contribution is 7.90. The fourth-order valence-corrected chi connectivity index (χ4v) is 3.23. The molecule has 0 aromatic heterocycles. The maximum Gasteiger partial charge on any atom is 0.285 e. The molecule has 20 heavy (non-hydrogen) atoms. The van der Waals surface area contributed by atoms with E-state index in [-0.39, 0.29) is 17.3 Å². The molecule has 0 radical (unpaired) electrons. The van der Waals surface area contributed by atoms with E-state index in [1.165, 1.54) is 6.07 Å². The van der Waals surface area contributed by atoms with Crippen molar-refractivity contribution in [2.24, 2.45) is 4.40 Å². The number of carbonyl (C=O) groups is 1. The third-order valence-electron chi connectivity index (χ3n) is 2.93. The van der Waals surface area contributed by atoms with Gasteiger partial charge in [0.1, 0.15) is 4.90 Å². The van der Waals surface area contributed by atoms with Gasteiger partial charge in [-0.3, -0.25) is 4.79 Å². The third kappa shape index (κ3) is 2.82. The molecule has 0 unspecified atom stereocenters. The van der Waals surface area contributed by atoms with E-state index in [2.05, 4.69) is 9.71 Å². The minimum atomic E-state index is -3.64. The van der Waals surface area contributed by atoms with Gasteiger partial charge in [-0.1, -0.05) is 19.1 Å². The van der Waals surface area contributed by atoms with Gasteiger partial charge in [0.25, 0.3) is 10.0 Å². The zero-order valence-corrected chi connectivity index (χ0v) is 12.3. The molecular formula is C13H17N3O3S. The van der Waals surface area contributed by atoms with Crippen LogP contribution in [0.25, 0.3) is 0 Å². The summed E-state index contributed by atoms with van der Waals surface area (Å²) in [5.74, 6) is 0.158. The molecule has 1 heterocycles. The van der Waals surface area contributed by atoms with E-state index in [0.717, 1.165) is 6.42 Å². The number of fused-ring (bicyclic) bond motifs is 1. The Morgan fingerprint density at radius 1 is 1.35 bits per heavy atom. The van der Waals surface area contributed by atoms with Crippen LogP contribution in [-0.2, 0) is 14.8 Å². The summed E-state index contributed by atoms with van der Waals surface area (Å²) in [6.07, 6.45) is 0.855. The standard InChI is InChI=1S/C13H17N3O3S/c1-3-8-14-12(17)9-16(2)13-10-6-4-5-7-11(10)20(18,19)15-13/h4-7H,3,8-9H2,1-2H3,(H,14,17). The van der Waals surface area contributed by atoms with E-state index in [4.69, 9.17) is 0 Å². The van der Waals surface area contributed by atoms with Crippen LogP contribution >= 0.6 is 0 Å². The second kappa shape index (κ2) is 5.62. The number of nitrogens with one attached hydrogen (secondary N) is 1. The van der Waals surface area contributed by atoms with Crippen molar-refractivity contribution in [2.75, 3.05) is 20.1 Å². The monoisotopic (exact) mass is 295 g/mol. The SMILES string of the molecule is CCCNC(=O)CN(C)C1=NS(=O)(=O)c2ccccc21. The van der Waals surface area contributed by atoms with Gasteiger partial charge in [0.15, 0.2) is 5.84 Å². The van der Waals surface area contributed by atoms with Gasteiger partial charge in [-0.2, -0.15) is 8.42 Å². The van der Waals surface area contributed by atoms with Gasteiger partial charge in [-0.05, 0) is 18.6 Å². The molecule has 1 aliphatic rings. The van der Waals surface area contributed by atoms with Crippen molar-refractivity contribution in [3.8, 4) is 0 Å². The molecule has 1 amide bonds. The molecule has 1 aromatic carbocycles. The van der Waals surface area contributed by atoms with Gasteiger partial charge in [0, 0.05) is 19.2 Å². The summed E-state index contributed by atoms with van der Waals surface area (Å²) >= 11 is 0. The van der Waals surface area contributed by atoms with Crippen LogP contribution in [0.3, 0.4) is 0 Å². The highest BCUT2D eigenvalue weighted by atomic mass is 32.2. The first-order valence-electron chi connectivity index (χ1n) is 6.38. The van der Waals surface area contributed by atoms with Crippen LogP contribution in [0, 0.1) is 0 Å². The molecule has 1 aromatic rings. The molecule has 2 rings (SSSR count). The Morgan fingerprint density at radius 2 is 2.05 bits per heavy atom. The zero-order chi connectivity index (χ0) is 14.8.